The van der Waals surface area contributed by atoms with Crippen LogP contribution in [0.1, 0.15) is 84.0 Å². The third-order valence-electron chi connectivity index (χ3n) is 3.95. The van der Waals surface area contributed by atoms with Gasteiger partial charge in [-0.3, -0.25) is 4.79 Å². The zero-order chi connectivity index (χ0) is 20.4. The number of unbranched alkanes of at least 4 members (excludes halogenated alkanes) is 8. The fraction of sp³-hybridized carbons (Fsp3) is 0.773. The molecule has 0 heterocycles. The molecule has 0 aliphatic carbocycles. The van der Waals surface area contributed by atoms with Crippen LogP contribution >= 0.6 is 0 Å². The standard InChI is InChI=1S/C18H33NO.C4H11NO2/c1-2-3-4-5-6-7-8-9-10-11-12-13-14-15-16-17-18(19)20;6-3-1-5-2-4-7/h6-7,9-10H,2-5,8,11-17H2,1H3,(H2,19,20);5-7H,1-4H2/b7-6-,10-9-;. The summed E-state index contributed by atoms with van der Waals surface area (Å²) in [7, 11) is 0. The summed E-state index contributed by atoms with van der Waals surface area (Å²) < 4.78 is 0. The quantitative estimate of drug-likeness (QED) is 0.213. The molecule has 27 heavy (non-hydrogen) atoms. The Hall–Kier alpha value is -1.17. The number of primary amides is 1. The van der Waals surface area contributed by atoms with Gasteiger partial charge in [-0.05, 0) is 38.5 Å². The number of aliphatic hydroxyl groups excluding tert-OH is 2. The van der Waals surface area contributed by atoms with Crippen LogP contribution in [0.15, 0.2) is 24.3 Å². The third-order valence-corrected chi connectivity index (χ3v) is 3.95. The second-order valence-corrected chi connectivity index (χ2v) is 6.64. The lowest BCUT2D eigenvalue weighted by Gasteiger charge is -1.98. The number of hydrogen-bond donors (Lipinski definition) is 4. The van der Waals surface area contributed by atoms with Crippen LogP contribution < -0.4 is 11.1 Å². The van der Waals surface area contributed by atoms with E-state index in [9.17, 15) is 4.79 Å². The van der Waals surface area contributed by atoms with Crippen LogP contribution in [-0.4, -0.2) is 42.4 Å². The van der Waals surface area contributed by atoms with Crippen LogP contribution in [0.2, 0.25) is 0 Å². The minimum Gasteiger partial charge on any atom is -0.395 e. The van der Waals surface area contributed by atoms with Gasteiger partial charge >= 0.3 is 0 Å². The van der Waals surface area contributed by atoms with Gasteiger partial charge in [-0.15, -0.1) is 0 Å². The van der Waals surface area contributed by atoms with Crippen molar-refractivity contribution in [3.05, 3.63) is 24.3 Å². The molecule has 5 heteroatoms. The first kappa shape index (κ1) is 28.0. The number of rotatable bonds is 18. The molecule has 0 aliphatic heterocycles. The van der Waals surface area contributed by atoms with Crippen LogP contribution in [0.4, 0.5) is 0 Å². The molecule has 0 rings (SSSR count). The molecule has 160 valence electrons. The molecular formula is C22H44N2O3. The van der Waals surface area contributed by atoms with Crippen molar-refractivity contribution in [2.45, 2.75) is 84.0 Å². The van der Waals surface area contributed by atoms with Gasteiger partial charge < -0.3 is 21.3 Å². The zero-order valence-electron chi connectivity index (χ0n) is 17.5. The molecule has 0 saturated carbocycles. The van der Waals surface area contributed by atoms with E-state index in [1.807, 2.05) is 0 Å². The van der Waals surface area contributed by atoms with Gasteiger partial charge in [0, 0.05) is 19.5 Å². The Balaban J connectivity index is 0. The van der Waals surface area contributed by atoms with Gasteiger partial charge in [0.1, 0.15) is 0 Å². The topological polar surface area (TPSA) is 95.6 Å². The van der Waals surface area contributed by atoms with E-state index in [1.165, 1.54) is 51.4 Å². The summed E-state index contributed by atoms with van der Waals surface area (Å²) in [6.45, 7) is 3.66. The minimum absolute atomic E-state index is 0.139. The number of hydrogen-bond acceptors (Lipinski definition) is 4. The Labute approximate surface area is 167 Å². The van der Waals surface area contributed by atoms with E-state index in [0.717, 1.165) is 19.3 Å². The van der Waals surface area contributed by atoms with Crippen molar-refractivity contribution in [3.8, 4) is 0 Å². The van der Waals surface area contributed by atoms with E-state index in [2.05, 4.69) is 36.5 Å². The molecule has 0 aromatic carbocycles. The average Bonchev–Trinajstić information content (AvgIpc) is 2.65. The molecular weight excluding hydrogens is 340 g/mol. The summed E-state index contributed by atoms with van der Waals surface area (Å²) in [6.07, 6.45) is 23.0. The summed E-state index contributed by atoms with van der Waals surface area (Å²) >= 11 is 0. The molecule has 0 aliphatic rings. The zero-order valence-corrected chi connectivity index (χ0v) is 17.5. The Kier molecular flexibility index (Phi) is 28.1. The van der Waals surface area contributed by atoms with Crippen LogP contribution in [0.25, 0.3) is 0 Å². The van der Waals surface area contributed by atoms with Crippen molar-refractivity contribution >= 4 is 5.91 Å². The summed E-state index contributed by atoms with van der Waals surface area (Å²) in [5.41, 5.74) is 5.09. The molecule has 0 unspecified atom stereocenters. The van der Waals surface area contributed by atoms with Gasteiger partial charge in [-0.25, -0.2) is 0 Å². The SMILES string of the molecule is CCCCC/C=C\C/C=C\CCCCCCCC(N)=O.OCCNCCO. The van der Waals surface area contributed by atoms with Crippen molar-refractivity contribution in [3.63, 3.8) is 0 Å². The summed E-state index contributed by atoms with van der Waals surface area (Å²) in [4.78, 5) is 10.5. The van der Waals surface area contributed by atoms with Crippen molar-refractivity contribution in [2.75, 3.05) is 26.3 Å². The molecule has 0 atom stereocenters. The molecule has 0 saturated heterocycles. The van der Waals surface area contributed by atoms with Gasteiger partial charge in [0.25, 0.3) is 0 Å². The predicted molar refractivity (Wildman–Crippen MR) is 116 cm³/mol. The normalized spacial score (nSPS) is 11.1. The molecule has 0 aromatic heterocycles. The fourth-order valence-corrected chi connectivity index (χ4v) is 2.39. The average molecular weight is 385 g/mol. The van der Waals surface area contributed by atoms with E-state index in [0.29, 0.717) is 19.5 Å². The molecule has 5 N–H and O–H groups in total. The van der Waals surface area contributed by atoms with E-state index in [1.54, 1.807) is 0 Å². The van der Waals surface area contributed by atoms with Crippen LogP contribution in [-0.2, 0) is 4.79 Å². The number of carbonyl (C=O) groups excluding carboxylic acids is 1. The van der Waals surface area contributed by atoms with E-state index in [-0.39, 0.29) is 19.1 Å². The highest BCUT2D eigenvalue weighted by molar-refractivity contribution is 5.73. The van der Waals surface area contributed by atoms with E-state index >= 15 is 0 Å². The monoisotopic (exact) mass is 384 g/mol. The van der Waals surface area contributed by atoms with Crippen molar-refractivity contribution in [1.29, 1.82) is 0 Å². The van der Waals surface area contributed by atoms with E-state index in [4.69, 9.17) is 15.9 Å². The first-order valence-corrected chi connectivity index (χ1v) is 10.7. The lowest BCUT2D eigenvalue weighted by Crippen LogP contribution is -2.21. The maximum Gasteiger partial charge on any atom is 0.217 e. The number of amides is 1. The third kappa shape index (κ3) is 32.9. The first-order chi connectivity index (χ1) is 13.2. The number of allylic oxidation sites excluding steroid dienone is 4. The molecule has 1 amide bonds. The number of nitrogens with two attached hydrogens (primary N) is 1. The van der Waals surface area contributed by atoms with Gasteiger partial charge in [0.2, 0.25) is 5.91 Å². The lowest BCUT2D eigenvalue weighted by molar-refractivity contribution is -0.118. The predicted octanol–water partition coefficient (Wildman–Crippen LogP) is 3.85. The van der Waals surface area contributed by atoms with Crippen molar-refractivity contribution in [1.82, 2.24) is 5.32 Å². The van der Waals surface area contributed by atoms with Gasteiger partial charge in [0.05, 0.1) is 13.2 Å². The lowest BCUT2D eigenvalue weighted by atomic mass is 10.1. The number of nitrogens with one attached hydrogen (secondary N) is 1. The minimum atomic E-state index is -0.171. The van der Waals surface area contributed by atoms with Crippen LogP contribution in [0, 0.1) is 0 Å². The highest BCUT2D eigenvalue weighted by Crippen LogP contribution is 2.07. The second-order valence-electron chi connectivity index (χ2n) is 6.64. The molecule has 0 fully saturated rings. The molecule has 0 spiro atoms. The smallest absolute Gasteiger partial charge is 0.217 e. The Bertz CT molecular complexity index is 340. The van der Waals surface area contributed by atoms with Crippen molar-refractivity contribution < 1.29 is 15.0 Å². The molecule has 0 bridgehead atoms. The van der Waals surface area contributed by atoms with Crippen LogP contribution in [0.3, 0.4) is 0 Å². The first-order valence-electron chi connectivity index (χ1n) is 10.7. The van der Waals surface area contributed by atoms with Crippen molar-refractivity contribution in [2.24, 2.45) is 5.73 Å². The maximum absolute atomic E-state index is 10.5. The van der Waals surface area contributed by atoms with Gasteiger partial charge in [-0.2, -0.15) is 0 Å². The van der Waals surface area contributed by atoms with Gasteiger partial charge in [0.15, 0.2) is 0 Å². The maximum atomic E-state index is 10.5. The number of carbonyl (C=O) groups is 1. The molecule has 5 nitrogen and oxygen atoms in total. The second kappa shape index (κ2) is 27.1. The Morgan fingerprint density at radius 3 is 1.85 bits per heavy atom. The Morgan fingerprint density at radius 2 is 1.33 bits per heavy atom. The fourth-order valence-electron chi connectivity index (χ4n) is 2.39. The highest BCUT2D eigenvalue weighted by atomic mass is 16.3. The molecule has 0 radical (unpaired) electrons. The summed E-state index contributed by atoms with van der Waals surface area (Å²) in [5.74, 6) is -0.171. The van der Waals surface area contributed by atoms with Crippen LogP contribution in [0.5, 0.6) is 0 Å². The number of aliphatic hydroxyl groups is 2. The molecule has 0 aromatic rings. The summed E-state index contributed by atoms with van der Waals surface area (Å²) in [6, 6.07) is 0. The Morgan fingerprint density at radius 1 is 0.815 bits per heavy atom. The van der Waals surface area contributed by atoms with E-state index < -0.39 is 0 Å². The highest BCUT2D eigenvalue weighted by Gasteiger charge is 1.94. The largest absolute Gasteiger partial charge is 0.395 e. The summed E-state index contributed by atoms with van der Waals surface area (Å²) in [5, 5.41) is 19.1. The van der Waals surface area contributed by atoms with Gasteiger partial charge in [-0.1, -0.05) is 63.3 Å².